The maximum absolute atomic E-state index is 11.9. The van der Waals surface area contributed by atoms with Gasteiger partial charge in [-0.15, -0.1) is 0 Å². The van der Waals surface area contributed by atoms with Gasteiger partial charge >= 0.3 is 12.0 Å². The van der Waals surface area contributed by atoms with E-state index in [0.717, 1.165) is 6.42 Å². The maximum atomic E-state index is 11.9. The number of aromatic nitrogens is 2. The molecule has 0 aliphatic rings. The predicted molar refractivity (Wildman–Crippen MR) is 72.5 cm³/mol. The van der Waals surface area contributed by atoms with Gasteiger partial charge in [-0.05, 0) is 13.3 Å². The van der Waals surface area contributed by atoms with Crippen LogP contribution in [-0.4, -0.2) is 35.7 Å². The van der Waals surface area contributed by atoms with Crippen LogP contribution in [0.5, 0.6) is 6.01 Å². The van der Waals surface area contributed by atoms with Crippen LogP contribution in [0.3, 0.4) is 0 Å². The van der Waals surface area contributed by atoms with E-state index >= 15 is 0 Å². The summed E-state index contributed by atoms with van der Waals surface area (Å²) < 4.78 is 9.75. The highest BCUT2D eigenvalue weighted by Gasteiger charge is 2.34. The molecule has 1 aromatic rings. The summed E-state index contributed by atoms with van der Waals surface area (Å²) in [5.74, 6) is -0.0298. The number of carbonyl (C=O) groups is 1. The maximum Gasteiger partial charge on any atom is 0.331 e. The second-order valence-corrected chi connectivity index (χ2v) is 4.66. The number of ether oxygens (including phenoxy) is 2. The van der Waals surface area contributed by atoms with Crippen LogP contribution in [0.25, 0.3) is 0 Å². The summed E-state index contributed by atoms with van der Waals surface area (Å²) in [7, 11) is 2.80. The summed E-state index contributed by atoms with van der Waals surface area (Å²) in [6.07, 6.45) is 2.81. The number of carbonyl (C=O) groups excluding carboxylic acids is 1. The van der Waals surface area contributed by atoms with Crippen molar-refractivity contribution in [3.05, 3.63) is 11.2 Å². The Kier molecular flexibility index (Phi) is 5.35. The van der Waals surface area contributed by atoms with Crippen molar-refractivity contribution < 1.29 is 14.3 Å². The van der Waals surface area contributed by atoms with E-state index in [1.165, 1.54) is 20.4 Å². The molecule has 0 radical (unpaired) electrons. The van der Waals surface area contributed by atoms with Gasteiger partial charge in [-0.1, -0.05) is 24.9 Å². The minimum atomic E-state index is -0.896. The summed E-state index contributed by atoms with van der Waals surface area (Å²) >= 11 is 6.01. The monoisotopic (exact) mass is 287 g/mol. The number of esters is 1. The lowest BCUT2D eigenvalue weighted by molar-refractivity contribution is -0.145. The smallest absolute Gasteiger partial charge is 0.331 e. The molecule has 0 aromatic carbocycles. The Hall–Kier alpha value is -1.56. The fourth-order valence-corrected chi connectivity index (χ4v) is 1.88. The van der Waals surface area contributed by atoms with Crippen LogP contribution >= 0.6 is 11.6 Å². The highest BCUT2D eigenvalue weighted by atomic mass is 35.5. The van der Waals surface area contributed by atoms with E-state index in [9.17, 15) is 4.79 Å². The van der Waals surface area contributed by atoms with Gasteiger partial charge in [0, 0.05) is 0 Å². The molecule has 6 nitrogen and oxygen atoms in total. The van der Waals surface area contributed by atoms with Crippen molar-refractivity contribution in [2.24, 2.45) is 0 Å². The minimum absolute atomic E-state index is 0.176. The van der Waals surface area contributed by atoms with Crippen LogP contribution in [0, 0.1) is 0 Å². The number of halogens is 1. The van der Waals surface area contributed by atoms with Gasteiger partial charge in [-0.2, -0.15) is 4.98 Å². The number of hydrogen-bond acceptors (Lipinski definition) is 6. The van der Waals surface area contributed by atoms with E-state index in [-0.39, 0.29) is 12.0 Å². The summed E-state index contributed by atoms with van der Waals surface area (Å²) in [5, 5.41) is 3.32. The fraction of sp³-hybridized carbons (Fsp3) is 0.583. The van der Waals surface area contributed by atoms with Crippen molar-refractivity contribution >= 4 is 23.4 Å². The normalized spacial score (nSPS) is 13.5. The average molecular weight is 288 g/mol. The summed E-state index contributed by atoms with van der Waals surface area (Å²) in [4.78, 5) is 19.9. The molecule has 0 saturated heterocycles. The zero-order chi connectivity index (χ0) is 14.5. The second-order valence-electron chi connectivity index (χ2n) is 4.25. The lowest BCUT2D eigenvalue weighted by Crippen LogP contribution is -2.44. The van der Waals surface area contributed by atoms with E-state index in [4.69, 9.17) is 21.1 Å². The molecule has 0 fully saturated rings. The number of nitrogens with one attached hydrogen (secondary N) is 1. The van der Waals surface area contributed by atoms with E-state index in [0.29, 0.717) is 17.3 Å². The summed E-state index contributed by atoms with van der Waals surface area (Å²) in [6, 6.07) is 0.176. The lowest BCUT2D eigenvalue weighted by Gasteiger charge is -2.28. The van der Waals surface area contributed by atoms with Crippen LogP contribution in [0.2, 0.25) is 5.02 Å². The Balaban J connectivity index is 3.05. The number of nitrogens with zero attached hydrogens (tertiary/aromatic N) is 2. The van der Waals surface area contributed by atoms with Gasteiger partial charge in [-0.25, -0.2) is 9.78 Å². The van der Waals surface area contributed by atoms with Gasteiger partial charge in [0.25, 0.3) is 0 Å². The first-order valence-electron chi connectivity index (χ1n) is 5.90. The van der Waals surface area contributed by atoms with E-state index in [1.54, 1.807) is 6.92 Å². The minimum Gasteiger partial charge on any atom is -0.467 e. The summed E-state index contributed by atoms with van der Waals surface area (Å²) in [5.41, 5.74) is -0.896. The van der Waals surface area contributed by atoms with Crippen molar-refractivity contribution in [2.75, 3.05) is 19.5 Å². The zero-order valence-corrected chi connectivity index (χ0v) is 12.2. The lowest BCUT2D eigenvalue weighted by atomic mass is 9.96. The molecule has 1 rings (SSSR count). The van der Waals surface area contributed by atoms with Crippen LogP contribution in [0.1, 0.15) is 26.7 Å². The molecule has 0 aliphatic heterocycles. The molecule has 1 aromatic heterocycles. The molecular formula is C12H18ClN3O3. The molecule has 0 aliphatic carbocycles. The zero-order valence-electron chi connectivity index (χ0n) is 11.5. The van der Waals surface area contributed by atoms with E-state index < -0.39 is 5.54 Å². The van der Waals surface area contributed by atoms with Gasteiger partial charge in [0.05, 0.1) is 20.4 Å². The molecule has 7 heteroatoms. The number of methoxy groups -OCH3 is 2. The molecule has 0 amide bonds. The standard InChI is InChI=1S/C12H18ClN3O3/c1-5-6-12(2,10(17)18-3)16-9-8(13)7-14-11(15-9)19-4/h7H,5-6H2,1-4H3,(H,14,15,16). The Morgan fingerprint density at radius 1 is 1.53 bits per heavy atom. The van der Waals surface area contributed by atoms with Gasteiger partial charge < -0.3 is 14.8 Å². The quantitative estimate of drug-likeness (QED) is 0.809. The Bertz CT molecular complexity index is 456. The molecule has 106 valence electrons. The van der Waals surface area contributed by atoms with Crippen LogP contribution in [-0.2, 0) is 9.53 Å². The van der Waals surface area contributed by atoms with Crippen molar-refractivity contribution in [3.8, 4) is 6.01 Å². The van der Waals surface area contributed by atoms with E-state index in [2.05, 4.69) is 15.3 Å². The van der Waals surface area contributed by atoms with Crippen LogP contribution in [0.4, 0.5) is 5.82 Å². The van der Waals surface area contributed by atoms with Crippen molar-refractivity contribution in [2.45, 2.75) is 32.2 Å². The van der Waals surface area contributed by atoms with Crippen LogP contribution in [0.15, 0.2) is 6.20 Å². The molecule has 0 spiro atoms. The molecule has 1 unspecified atom stereocenters. The first-order chi connectivity index (χ1) is 8.96. The number of hydrogen-bond donors (Lipinski definition) is 1. The van der Waals surface area contributed by atoms with Gasteiger partial charge in [0.15, 0.2) is 5.82 Å². The Labute approximate surface area is 117 Å². The predicted octanol–water partition coefficient (Wildman–Crippen LogP) is 2.28. The molecular weight excluding hydrogens is 270 g/mol. The number of rotatable bonds is 6. The third-order valence-corrected chi connectivity index (χ3v) is 2.96. The van der Waals surface area contributed by atoms with Gasteiger partial charge in [0.1, 0.15) is 10.6 Å². The molecule has 1 atom stereocenters. The Morgan fingerprint density at radius 2 is 2.21 bits per heavy atom. The van der Waals surface area contributed by atoms with Crippen molar-refractivity contribution in [1.29, 1.82) is 0 Å². The third kappa shape index (κ3) is 3.70. The van der Waals surface area contributed by atoms with Gasteiger partial charge in [0.2, 0.25) is 0 Å². The third-order valence-electron chi connectivity index (χ3n) is 2.68. The first-order valence-corrected chi connectivity index (χ1v) is 6.27. The fourth-order valence-electron chi connectivity index (χ4n) is 1.74. The van der Waals surface area contributed by atoms with Crippen LogP contribution < -0.4 is 10.1 Å². The molecule has 19 heavy (non-hydrogen) atoms. The van der Waals surface area contributed by atoms with Crippen molar-refractivity contribution in [1.82, 2.24) is 9.97 Å². The van der Waals surface area contributed by atoms with E-state index in [1.807, 2.05) is 6.92 Å². The Morgan fingerprint density at radius 3 is 2.74 bits per heavy atom. The highest BCUT2D eigenvalue weighted by Crippen LogP contribution is 2.26. The molecule has 0 saturated carbocycles. The van der Waals surface area contributed by atoms with Gasteiger partial charge in [-0.3, -0.25) is 0 Å². The number of anilines is 1. The summed E-state index contributed by atoms with van der Waals surface area (Å²) in [6.45, 7) is 3.72. The second kappa shape index (κ2) is 6.56. The first kappa shape index (κ1) is 15.5. The molecule has 0 bridgehead atoms. The topological polar surface area (TPSA) is 73.3 Å². The largest absolute Gasteiger partial charge is 0.467 e. The average Bonchev–Trinajstić information content (AvgIpc) is 2.40. The SMILES string of the molecule is CCCC(C)(Nc1nc(OC)ncc1Cl)C(=O)OC. The highest BCUT2D eigenvalue weighted by molar-refractivity contribution is 6.32. The van der Waals surface area contributed by atoms with Crippen molar-refractivity contribution in [3.63, 3.8) is 0 Å². The molecule has 1 N–H and O–H groups in total. The molecule has 1 heterocycles.